The Morgan fingerprint density at radius 1 is 0.257 bits per heavy atom. The Morgan fingerprint density at radius 3 is 0.954 bits per heavy atom. The molecular formula is C91H46F10O8. The van der Waals surface area contributed by atoms with Gasteiger partial charge in [-0.2, -0.15) is 0 Å². The zero-order valence-electron chi connectivity index (χ0n) is 57.0. The van der Waals surface area contributed by atoms with Crippen molar-refractivity contribution >= 4 is 45.4 Å². The summed E-state index contributed by atoms with van der Waals surface area (Å²) in [5, 5.41) is 1.22. The van der Waals surface area contributed by atoms with Crippen molar-refractivity contribution in [2.45, 2.75) is 33.6 Å². The second-order valence-corrected chi connectivity index (χ2v) is 23.1. The summed E-state index contributed by atoms with van der Waals surface area (Å²) in [4.78, 5) is 48.3. The number of rotatable bonds is 8. The number of cyclic esters (lactones) is 4. The molecule has 0 amide bonds. The number of carbonyl (C=O) groups is 4. The van der Waals surface area contributed by atoms with Crippen LogP contribution in [0.4, 0.5) is 43.9 Å². The van der Waals surface area contributed by atoms with Gasteiger partial charge in [0.1, 0.15) is 84.7 Å². The van der Waals surface area contributed by atoms with Crippen molar-refractivity contribution in [3.8, 4) is 144 Å². The highest BCUT2D eigenvalue weighted by Crippen LogP contribution is 2.44. The van der Waals surface area contributed by atoms with Crippen LogP contribution in [0.2, 0.25) is 0 Å². The van der Waals surface area contributed by atoms with Crippen LogP contribution in [0.3, 0.4) is 0 Å². The smallest absolute Gasteiger partial charge is 0.346 e. The van der Waals surface area contributed by atoms with Gasteiger partial charge >= 0.3 is 23.9 Å². The van der Waals surface area contributed by atoms with Gasteiger partial charge in [0.25, 0.3) is 0 Å². The maximum absolute atomic E-state index is 12.4. The van der Waals surface area contributed by atoms with Gasteiger partial charge in [0.2, 0.25) is 0 Å². The fraction of sp³-hybridized carbons (Fsp3) is 0.0549. The maximum atomic E-state index is 12.4. The van der Waals surface area contributed by atoms with Crippen molar-refractivity contribution < 1.29 is 82.0 Å². The Bertz CT molecular complexity index is 5840. The fourth-order valence-corrected chi connectivity index (χ4v) is 11.0. The van der Waals surface area contributed by atoms with E-state index in [9.17, 15) is 63.1 Å². The number of hydrogen-bond acceptors (Lipinski definition) is 8. The maximum Gasteiger partial charge on any atom is 0.346 e. The topological polar surface area (TPSA) is 105 Å². The summed E-state index contributed by atoms with van der Waals surface area (Å²) >= 11 is 0. The monoisotopic (exact) mass is 1460 g/mol. The first-order valence-electron chi connectivity index (χ1n) is 31.9. The van der Waals surface area contributed by atoms with Crippen LogP contribution < -0.4 is 9.47 Å². The average molecular weight is 1460 g/mol. The number of esters is 4. The summed E-state index contributed by atoms with van der Waals surface area (Å²) in [6.07, 6.45) is 14.5. The van der Waals surface area contributed by atoms with E-state index in [0.717, 1.165) is 27.8 Å². The minimum atomic E-state index is -0.817. The lowest BCUT2D eigenvalue weighted by Gasteiger charge is -2.20. The molecular weight excluding hydrogens is 1410 g/mol. The van der Waals surface area contributed by atoms with Gasteiger partial charge in [0.05, 0.1) is 27.6 Å². The Kier molecular flexibility index (Phi) is 27.4. The number of ether oxygens (including phenoxy) is 4. The number of carbonyl (C=O) groups excluding carboxylic acids is 4. The molecule has 2 aliphatic heterocycles. The summed E-state index contributed by atoms with van der Waals surface area (Å²) in [6, 6.07) is 56.2. The standard InChI is InChI=1S/C28H12F2O5.2C18H12F2.C16H4F2O3.C11H6F2/c29-15-13-17-1-5-19(6-2-17)33-23-11-9-21-25-22(28(32)35-27(21)31)10-12-24(26(23)25)34-20-7-3-18(4-8-20)14-16-30;1-14-2-4-15(5-3-14)10-18-12-16(6-8-19)11-17(13-18)7-9-20;1-14-2-4-15(5-3-14)12-16-6-7-17(8-10-19)18(13-16)9-11-20;17-7-5-9-1-3-11-14-12(16(20)21-15(11)19)4-2-10(6-8-18)13(9)14;1-9-6-10(2-4-12)8-11(7-9)3-5-13/h1-12H;2-5,11-13H,10H2,1H3;2-7,13H,12H2,1H3;1-4H;6-8H,1H3. The van der Waals surface area contributed by atoms with Gasteiger partial charge in [-0.25, -0.2) is 19.2 Å². The molecule has 13 rings (SSSR count). The Balaban J connectivity index is 0.000000163. The van der Waals surface area contributed by atoms with Crippen LogP contribution in [0.1, 0.15) is 136 Å². The molecule has 0 fully saturated rings. The van der Waals surface area contributed by atoms with Gasteiger partial charge in [-0.3, -0.25) is 0 Å². The molecule has 0 bridgehead atoms. The molecule has 2 aliphatic rings. The highest BCUT2D eigenvalue weighted by molar-refractivity contribution is 6.23. The average Bonchev–Trinajstić information content (AvgIpc) is 0.744. The molecule has 0 saturated heterocycles. The third-order valence-corrected chi connectivity index (χ3v) is 15.7. The molecule has 2 heterocycles. The normalized spacial score (nSPS) is 10.4. The van der Waals surface area contributed by atoms with E-state index in [1.54, 1.807) is 103 Å². The van der Waals surface area contributed by atoms with E-state index in [4.69, 9.17) is 14.2 Å². The molecule has 0 aliphatic carbocycles. The van der Waals surface area contributed by atoms with E-state index >= 15 is 0 Å². The molecule has 18 heteroatoms. The van der Waals surface area contributed by atoms with Crippen molar-refractivity contribution in [2.24, 2.45) is 0 Å². The lowest BCUT2D eigenvalue weighted by molar-refractivity contribution is 0.0373. The van der Waals surface area contributed by atoms with Gasteiger partial charge in [0.15, 0.2) is 0 Å². The van der Waals surface area contributed by atoms with E-state index in [1.165, 1.54) is 115 Å². The third-order valence-electron chi connectivity index (χ3n) is 15.7. The lowest BCUT2D eigenvalue weighted by Crippen LogP contribution is -2.20. The van der Waals surface area contributed by atoms with E-state index in [0.29, 0.717) is 91.1 Å². The van der Waals surface area contributed by atoms with Crippen LogP contribution in [-0.2, 0) is 22.3 Å². The highest BCUT2D eigenvalue weighted by Gasteiger charge is 2.32. The summed E-state index contributed by atoms with van der Waals surface area (Å²) in [5.41, 5.74) is 12.2. The van der Waals surface area contributed by atoms with Crippen molar-refractivity contribution in [3.63, 3.8) is 0 Å². The summed E-state index contributed by atoms with van der Waals surface area (Å²) < 4.78 is 143. The molecule has 8 nitrogen and oxygen atoms in total. The quantitative estimate of drug-likeness (QED) is 0.0641. The summed E-state index contributed by atoms with van der Waals surface area (Å²) in [6.45, 7) is 5.87. The third kappa shape index (κ3) is 20.8. The Morgan fingerprint density at radius 2 is 0.569 bits per heavy atom. The van der Waals surface area contributed by atoms with Crippen LogP contribution >= 0.6 is 0 Å². The van der Waals surface area contributed by atoms with E-state index in [-0.39, 0.29) is 44.2 Å². The zero-order valence-corrected chi connectivity index (χ0v) is 57.0. The molecule has 11 aromatic rings. The molecule has 11 aromatic carbocycles. The van der Waals surface area contributed by atoms with E-state index in [2.05, 4.69) is 63.9 Å². The zero-order chi connectivity index (χ0) is 77.8. The predicted octanol–water partition coefficient (Wildman–Crippen LogP) is 19.8. The minimum Gasteiger partial charge on any atom is -0.457 e. The molecule has 0 N–H and O–H groups in total. The van der Waals surface area contributed by atoms with Crippen LogP contribution in [-0.4, -0.2) is 23.9 Å². The molecule has 528 valence electrons. The summed E-state index contributed by atoms with van der Waals surface area (Å²) in [7, 11) is 0. The van der Waals surface area contributed by atoms with Crippen molar-refractivity contribution in [1.29, 1.82) is 0 Å². The van der Waals surface area contributed by atoms with Gasteiger partial charge in [-0.1, -0.05) is 65.7 Å². The van der Waals surface area contributed by atoms with Crippen molar-refractivity contribution in [1.82, 2.24) is 0 Å². The van der Waals surface area contributed by atoms with Gasteiger partial charge in [0, 0.05) is 71.8 Å². The highest BCUT2D eigenvalue weighted by atomic mass is 19.2. The Labute approximate surface area is 619 Å². The van der Waals surface area contributed by atoms with Crippen LogP contribution in [0.5, 0.6) is 23.0 Å². The molecule has 0 radical (unpaired) electrons. The fourth-order valence-electron chi connectivity index (χ4n) is 11.0. The van der Waals surface area contributed by atoms with Crippen LogP contribution in [0.25, 0.3) is 21.5 Å². The van der Waals surface area contributed by atoms with E-state index < -0.39 is 23.9 Å². The molecule has 0 spiro atoms. The first-order valence-corrected chi connectivity index (χ1v) is 31.9. The minimum absolute atomic E-state index is 0.131. The molecule has 0 aromatic heterocycles. The van der Waals surface area contributed by atoms with Crippen LogP contribution in [0, 0.1) is 142 Å². The Hall–Kier alpha value is -15.3. The van der Waals surface area contributed by atoms with Gasteiger partial charge in [-0.05, 0) is 266 Å². The van der Waals surface area contributed by atoms with Crippen molar-refractivity contribution in [2.75, 3.05) is 0 Å². The molecule has 0 unspecified atom stereocenters. The van der Waals surface area contributed by atoms with Gasteiger partial charge in [-0.15, -0.1) is 43.9 Å². The summed E-state index contributed by atoms with van der Waals surface area (Å²) in [5.74, 6) is 21.0. The molecule has 0 atom stereocenters. The molecule has 0 saturated carbocycles. The first-order chi connectivity index (χ1) is 52.9. The number of aryl methyl sites for hydroxylation is 3. The predicted molar refractivity (Wildman–Crippen MR) is 392 cm³/mol. The van der Waals surface area contributed by atoms with Crippen LogP contribution in [0.15, 0.2) is 200 Å². The number of benzene rings is 11. The lowest BCUT2D eigenvalue weighted by atomic mass is 9.91. The van der Waals surface area contributed by atoms with E-state index in [1.807, 2.05) is 75.4 Å². The molecule has 109 heavy (non-hydrogen) atoms. The number of hydrogen-bond donors (Lipinski definition) is 0. The number of halogens is 10. The van der Waals surface area contributed by atoms with Crippen molar-refractivity contribution in [3.05, 3.63) is 317 Å². The SMILES string of the molecule is Cc1cc(C#CF)cc(C#CF)c1.Cc1ccc(Cc2cc(C#CF)cc(C#CF)c2)cc1.Cc1ccc(Cc2ccc(C#CF)c(C#CF)c2)cc1.O=C1OC(=O)c2ccc(C#CF)c3c(C#CF)ccc1c23.O=C1OC(=O)c2ccc(Oc3ccc(C#CF)cc3)c3c(Oc4ccc(C#CF)cc4)ccc1c23. The van der Waals surface area contributed by atoms with Gasteiger partial charge < -0.3 is 18.9 Å². The first kappa shape index (κ1) is 77.9. The largest absolute Gasteiger partial charge is 0.457 e. The second-order valence-electron chi connectivity index (χ2n) is 23.1. The second kappa shape index (κ2) is 38.3.